The Hall–Kier alpha value is -0.980. The summed E-state index contributed by atoms with van der Waals surface area (Å²) in [6, 6.07) is 0. The highest BCUT2D eigenvalue weighted by molar-refractivity contribution is 4.82. The van der Waals surface area contributed by atoms with Gasteiger partial charge in [-0.3, -0.25) is 4.90 Å². The van der Waals surface area contributed by atoms with Gasteiger partial charge < -0.3 is 14.0 Å². The summed E-state index contributed by atoms with van der Waals surface area (Å²) in [7, 11) is 3.41. The second kappa shape index (κ2) is 8.16. The van der Waals surface area contributed by atoms with E-state index in [0.717, 1.165) is 26.1 Å². The number of ether oxygens (including phenoxy) is 2. The lowest BCUT2D eigenvalue weighted by Crippen LogP contribution is -2.29. The van der Waals surface area contributed by atoms with Crippen LogP contribution in [0.2, 0.25) is 0 Å². The fourth-order valence-electron chi connectivity index (χ4n) is 1.52. The third kappa shape index (κ3) is 5.76. The Balaban J connectivity index is 2.38. The van der Waals surface area contributed by atoms with Gasteiger partial charge in [-0.15, -0.1) is 0 Å². The molecule has 1 aromatic heterocycles. The van der Waals surface area contributed by atoms with Crippen molar-refractivity contribution < 1.29 is 14.0 Å². The maximum absolute atomic E-state index is 5.11. The molecule has 0 spiro atoms. The first kappa shape index (κ1) is 14.1. The number of aryl methyl sites for hydroxylation is 1. The first-order valence-electron chi connectivity index (χ1n) is 5.75. The molecule has 0 N–H and O–H groups in total. The number of nitrogens with zero attached hydrogens (tertiary/aromatic N) is 3. The summed E-state index contributed by atoms with van der Waals surface area (Å²) in [6.45, 7) is 5.71. The van der Waals surface area contributed by atoms with Crippen LogP contribution in [-0.2, 0) is 16.0 Å². The largest absolute Gasteiger partial charge is 0.385 e. The molecule has 0 amide bonds. The summed E-state index contributed by atoms with van der Waals surface area (Å²) in [5.41, 5.74) is 0. The second-order valence-electron chi connectivity index (χ2n) is 3.85. The van der Waals surface area contributed by atoms with Crippen molar-refractivity contribution in [1.29, 1.82) is 0 Å². The van der Waals surface area contributed by atoms with Crippen molar-refractivity contribution in [2.24, 2.45) is 0 Å². The standard InChI is InChI=1S/C11H21N3O3/c1-10-12-11(17-13-10)9-14(6-8-16-3)5-4-7-15-2/h4-9H2,1-3H3. The summed E-state index contributed by atoms with van der Waals surface area (Å²) in [6.07, 6.45) is 0.979. The van der Waals surface area contributed by atoms with Crippen LogP contribution in [-0.4, -0.2) is 55.6 Å². The average molecular weight is 243 g/mol. The van der Waals surface area contributed by atoms with Gasteiger partial charge in [0.15, 0.2) is 5.82 Å². The Morgan fingerprint density at radius 2 is 1.94 bits per heavy atom. The van der Waals surface area contributed by atoms with Crippen molar-refractivity contribution in [2.75, 3.05) is 40.5 Å². The van der Waals surface area contributed by atoms with Crippen molar-refractivity contribution in [2.45, 2.75) is 19.9 Å². The van der Waals surface area contributed by atoms with Crippen LogP contribution >= 0.6 is 0 Å². The highest BCUT2D eigenvalue weighted by Gasteiger charge is 2.10. The van der Waals surface area contributed by atoms with Crippen LogP contribution in [0.3, 0.4) is 0 Å². The number of rotatable bonds is 9. The minimum atomic E-state index is 0.649. The second-order valence-corrected chi connectivity index (χ2v) is 3.85. The third-order valence-corrected chi connectivity index (χ3v) is 2.36. The van der Waals surface area contributed by atoms with Gasteiger partial charge in [0.1, 0.15) is 0 Å². The molecule has 0 fully saturated rings. The molecule has 0 unspecified atom stereocenters. The molecule has 0 radical (unpaired) electrons. The van der Waals surface area contributed by atoms with Crippen molar-refractivity contribution in [3.63, 3.8) is 0 Å². The van der Waals surface area contributed by atoms with E-state index in [9.17, 15) is 0 Å². The molecule has 6 nitrogen and oxygen atoms in total. The lowest BCUT2D eigenvalue weighted by atomic mass is 10.3. The monoisotopic (exact) mass is 243 g/mol. The normalized spacial score (nSPS) is 11.3. The minimum absolute atomic E-state index is 0.649. The van der Waals surface area contributed by atoms with Gasteiger partial charge in [-0.05, 0) is 13.3 Å². The highest BCUT2D eigenvalue weighted by atomic mass is 16.5. The molecular formula is C11H21N3O3. The number of hydrogen-bond acceptors (Lipinski definition) is 6. The first-order chi connectivity index (χ1) is 8.26. The van der Waals surface area contributed by atoms with Gasteiger partial charge >= 0.3 is 0 Å². The van der Waals surface area contributed by atoms with Gasteiger partial charge in [-0.25, -0.2) is 0 Å². The predicted octanol–water partition coefficient (Wildman–Crippen LogP) is 0.863. The molecule has 0 aliphatic heterocycles. The molecule has 0 bridgehead atoms. The van der Waals surface area contributed by atoms with E-state index in [1.807, 2.05) is 6.92 Å². The highest BCUT2D eigenvalue weighted by Crippen LogP contribution is 2.03. The van der Waals surface area contributed by atoms with Gasteiger partial charge in [0, 0.05) is 33.9 Å². The smallest absolute Gasteiger partial charge is 0.240 e. The van der Waals surface area contributed by atoms with Crippen LogP contribution in [0.1, 0.15) is 18.1 Å². The van der Waals surface area contributed by atoms with Crippen LogP contribution < -0.4 is 0 Å². The fraction of sp³-hybridized carbons (Fsp3) is 0.818. The first-order valence-corrected chi connectivity index (χ1v) is 5.75. The van der Waals surface area contributed by atoms with Crippen LogP contribution in [0.5, 0.6) is 0 Å². The molecule has 0 aromatic carbocycles. The molecule has 6 heteroatoms. The van der Waals surface area contributed by atoms with Crippen molar-refractivity contribution in [3.8, 4) is 0 Å². The van der Waals surface area contributed by atoms with E-state index in [1.165, 1.54) is 0 Å². The van der Waals surface area contributed by atoms with E-state index >= 15 is 0 Å². The molecule has 1 aromatic rings. The van der Waals surface area contributed by atoms with Gasteiger partial charge in [0.2, 0.25) is 5.89 Å². The minimum Gasteiger partial charge on any atom is -0.385 e. The van der Waals surface area contributed by atoms with E-state index in [2.05, 4.69) is 15.0 Å². The van der Waals surface area contributed by atoms with Crippen LogP contribution in [0.15, 0.2) is 4.52 Å². The number of methoxy groups -OCH3 is 2. The van der Waals surface area contributed by atoms with Crippen molar-refractivity contribution in [1.82, 2.24) is 15.0 Å². The number of hydrogen-bond donors (Lipinski definition) is 0. The van der Waals surface area contributed by atoms with Crippen molar-refractivity contribution in [3.05, 3.63) is 11.7 Å². The summed E-state index contributed by atoms with van der Waals surface area (Å²) < 4.78 is 15.2. The maximum atomic E-state index is 5.11. The quantitative estimate of drug-likeness (QED) is 0.600. The summed E-state index contributed by atoms with van der Waals surface area (Å²) in [5, 5.41) is 3.78. The molecule has 0 saturated carbocycles. The SMILES string of the molecule is COCCCN(CCOC)Cc1nc(C)no1. The van der Waals surface area contributed by atoms with Gasteiger partial charge in [-0.2, -0.15) is 4.98 Å². The van der Waals surface area contributed by atoms with Crippen LogP contribution in [0.25, 0.3) is 0 Å². The van der Waals surface area contributed by atoms with Gasteiger partial charge in [0.25, 0.3) is 0 Å². The molecule has 0 aliphatic carbocycles. The molecule has 98 valence electrons. The topological polar surface area (TPSA) is 60.6 Å². The average Bonchev–Trinajstić information content (AvgIpc) is 2.72. The van der Waals surface area contributed by atoms with E-state index in [-0.39, 0.29) is 0 Å². The zero-order valence-corrected chi connectivity index (χ0v) is 10.8. The molecule has 0 saturated heterocycles. The lowest BCUT2D eigenvalue weighted by Gasteiger charge is -2.19. The Morgan fingerprint density at radius 1 is 1.18 bits per heavy atom. The molecular weight excluding hydrogens is 222 g/mol. The Morgan fingerprint density at radius 3 is 2.53 bits per heavy atom. The Bertz CT molecular complexity index is 304. The molecule has 1 heterocycles. The summed E-state index contributed by atoms with van der Waals surface area (Å²) >= 11 is 0. The number of aromatic nitrogens is 2. The van der Waals surface area contributed by atoms with Crippen molar-refractivity contribution >= 4 is 0 Å². The Labute approximate surface area is 102 Å². The van der Waals surface area contributed by atoms with E-state index in [4.69, 9.17) is 14.0 Å². The van der Waals surface area contributed by atoms with E-state index in [0.29, 0.717) is 24.9 Å². The van der Waals surface area contributed by atoms with Crippen LogP contribution in [0.4, 0.5) is 0 Å². The fourth-order valence-corrected chi connectivity index (χ4v) is 1.52. The van der Waals surface area contributed by atoms with Crippen LogP contribution in [0, 0.1) is 6.92 Å². The van der Waals surface area contributed by atoms with E-state index < -0.39 is 0 Å². The summed E-state index contributed by atoms with van der Waals surface area (Å²) in [4.78, 5) is 6.41. The zero-order chi connectivity index (χ0) is 12.5. The maximum Gasteiger partial charge on any atom is 0.240 e. The summed E-state index contributed by atoms with van der Waals surface area (Å²) in [5.74, 6) is 1.32. The third-order valence-electron chi connectivity index (χ3n) is 2.36. The van der Waals surface area contributed by atoms with Gasteiger partial charge in [-0.1, -0.05) is 5.16 Å². The molecule has 0 atom stereocenters. The zero-order valence-electron chi connectivity index (χ0n) is 10.8. The molecule has 0 aliphatic rings. The lowest BCUT2D eigenvalue weighted by molar-refractivity contribution is 0.122. The van der Waals surface area contributed by atoms with E-state index in [1.54, 1.807) is 14.2 Å². The molecule has 1 rings (SSSR count). The predicted molar refractivity (Wildman–Crippen MR) is 62.7 cm³/mol. The molecule has 17 heavy (non-hydrogen) atoms. The Kier molecular flexibility index (Phi) is 6.76. The van der Waals surface area contributed by atoms with Gasteiger partial charge in [0.05, 0.1) is 13.2 Å².